The molecule has 26 heavy (non-hydrogen) atoms. The number of aromatic carboxylic acids is 1. The molecule has 4 aromatic rings. The predicted octanol–water partition coefficient (Wildman–Crippen LogP) is 5.48. The highest BCUT2D eigenvalue weighted by Crippen LogP contribution is 2.29. The third-order valence-corrected chi connectivity index (χ3v) is 4.30. The van der Waals surface area contributed by atoms with Gasteiger partial charge in [0.2, 0.25) is 5.89 Å². The summed E-state index contributed by atoms with van der Waals surface area (Å²) in [5, 5.41) is 9.15. The van der Waals surface area contributed by atoms with Crippen LogP contribution in [0.1, 0.15) is 21.5 Å². The maximum atomic E-state index is 11.2. The zero-order valence-corrected chi connectivity index (χ0v) is 14.5. The Morgan fingerprint density at radius 2 is 1.65 bits per heavy atom. The van der Waals surface area contributed by atoms with Crippen molar-refractivity contribution in [1.29, 1.82) is 0 Å². The van der Waals surface area contributed by atoms with Crippen LogP contribution in [0.3, 0.4) is 0 Å². The second kappa shape index (κ2) is 6.15. The van der Waals surface area contributed by atoms with Gasteiger partial charge in [0.25, 0.3) is 0 Å². The standard InChI is InChI=1S/C22H17NO3/c1-13-8-14(2)10-18(9-13)15-6-7-20-19(12-15)23-21(26-20)16-4-3-5-17(11-16)22(24)25/h3-12H,1-2H3,(H,24,25). The van der Waals surface area contributed by atoms with Gasteiger partial charge >= 0.3 is 5.97 Å². The van der Waals surface area contributed by atoms with E-state index in [2.05, 4.69) is 37.0 Å². The molecular weight excluding hydrogens is 326 g/mol. The molecule has 0 aliphatic carbocycles. The van der Waals surface area contributed by atoms with Gasteiger partial charge in [-0.2, -0.15) is 0 Å². The molecule has 0 spiro atoms. The van der Waals surface area contributed by atoms with Gasteiger partial charge in [0.15, 0.2) is 5.58 Å². The summed E-state index contributed by atoms with van der Waals surface area (Å²) in [6.45, 7) is 4.16. The summed E-state index contributed by atoms with van der Waals surface area (Å²) in [5.41, 5.74) is 6.92. The lowest BCUT2D eigenvalue weighted by Crippen LogP contribution is -1.95. The SMILES string of the molecule is Cc1cc(C)cc(-c2ccc3oc(-c4cccc(C(=O)O)c4)nc3c2)c1. The minimum absolute atomic E-state index is 0.209. The van der Waals surface area contributed by atoms with E-state index in [1.807, 2.05) is 18.2 Å². The molecule has 4 rings (SSSR count). The van der Waals surface area contributed by atoms with Crippen molar-refractivity contribution in [3.05, 3.63) is 77.4 Å². The van der Waals surface area contributed by atoms with E-state index >= 15 is 0 Å². The largest absolute Gasteiger partial charge is 0.478 e. The number of carbonyl (C=O) groups is 1. The van der Waals surface area contributed by atoms with Crippen molar-refractivity contribution in [2.45, 2.75) is 13.8 Å². The van der Waals surface area contributed by atoms with E-state index in [1.165, 1.54) is 11.1 Å². The summed E-state index contributed by atoms with van der Waals surface area (Å²) in [7, 11) is 0. The molecule has 1 aromatic heterocycles. The van der Waals surface area contributed by atoms with Crippen molar-refractivity contribution in [2.75, 3.05) is 0 Å². The molecule has 1 heterocycles. The van der Waals surface area contributed by atoms with Crippen LogP contribution >= 0.6 is 0 Å². The molecule has 0 aliphatic rings. The highest BCUT2D eigenvalue weighted by atomic mass is 16.4. The maximum Gasteiger partial charge on any atom is 0.335 e. The monoisotopic (exact) mass is 343 g/mol. The van der Waals surface area contributed by atoms with Crippen molar-refractivity contribution in [2.24, 2.45) is 0 Å². The molecule has 1 N–H and O–H groups in total. The van der Waals surface area contributed by atoms with Crippen LogP contribution in [-0.2, 0) is 0 Å². The first-order valence-electron chi connectivity index (χ1n) is 8.32. The first kappa shape index (κ1) is 16.1. The maximum absolute atomic E-state index is 11.2. The van der Waals surface area contributed by atoms with Crippen LogP contribution in [0.5, 0.6) is 0 Å². The van der Waals surface area contributed by atoms with Crippen LogP contribution in [0.2, 0.25) is 0 Å². The van der Waals surface area contributed by atoms with Crippen LogP contribution in [0, 0.1) is 13.8 Å². The van der Waals surface area contributed by atoms with Crippen molar-refractivity contribution < 1.29 is 14.3 Å². The first-order valence-corrected chi connectivity index (χ1v) is 8.32. The normalized spacial score (nSPS) is 11.0. The Bertz CT molecular complexity index is 1120. The number of carboxylic acids is 1. The fourth-order valence-corrected chi connectivity index (χ4v) is 3.16. The minimum Gasteiger partial charge on any atom is -0.478 e. The number of fused-ring (bicyclic) bond motifs is 1. The minimum atomic E-state index is -0.972. The molecule has 0 radical (unpaired) electrons. The van der Waals surface area contributed by atoms with Gasteiger partial charge < -0.3 is 9.52 Å². The summed E-state index contributed by atoms with van der Waals surface area (Å²) in [5.74, 6) is -0.555. The van der Waals surface area contributed by atoms with Crippen molar-refractivity contribution >= 4 is 17.1 Å². The Kier molecular flexibility index (Phi) is 3.81. The molecular formula is C22H17NO3. The lowest BCUT2D eigenvalue weighted by atomic mass is 10.0. The first-order chi connectivity index (χ1) is 12.5. The number of carboxylic acid groups (broad SMARTS) is 1. The molecule has 3 aromatic carbocycles. The van der Waals surface area contributed by atoms with Crippen molar-refractivity contribution in [3.8, 4) is 22.6 Å². The van der Waals surface area contributed by atoms with Gasteiger partial charge in [-0.3, -0.25) is 0 Å². The Morgan fingerprint density at radius 1 is 0.885 bits per heavy atom. The number of aromatic nitrogens is 1. The number of hydrogen-bond donors (Lipinski definition) is 1. The second-order valence-electron chi connectivity index (χ2n) is 6.46. The molecule has 0 bridgehead atoms. The van der Waals surface area contributed by atoms with Gasteiger partial charge in [0.1, 0.15) is 5.52 Å². The zero-order valence-electron chi connectivity index (χ0n) is 14.5. The van der Waals surface area contributed by atoms with Crippen LogP contribution in [-0.4, -0.2) is 16.1 Å². The van der Waals surface area contributed by atoms with E-state index < -0.39 is 5.97 Å². The third-order valence-electron chi connectivity index (χ3n) is 4.30. The van der Waals surface area contributed by atoms with Crippen LogP contribution < -0.4 is 0 Å². The molecule has 0 fully saturated rings. The summed E-state index contributed by atoms with van der Waals surface area (Å²) in [6.07, 6.45) is 0. The van der Waals surface area contributed by atoms with Gasteiger partial charge in [0.05, 0.1) is 5.56 Å². The molecule has 4 nitrogen and oxygen atoms in total. The van der Waals surface area contributed by atoms with Gasteiger partial charge in [-0.1, -0.05) is 41.5 Å². The number of benzene rings is 3. The number of nitrogens with zero attached hydrogens (tertiary/aromatic N) is 1. The van der Waals surface area contributed by atoms with Gasteiger partial charge in [-0.05, 0) is 55.3 Å². The Hall–Kier alpha value is -3.40. The molecule has 0 saturated carbocycles. The van der Waals surface area contributed by atoms with E-state index in [0.717, 1.165) is 16.6 Å². The molecule has 4 heteroatoms. The quantitative estimate of drug-likeness (QED) is 0.535. The number of rotatable bonds is 3. The number of aryl methyl sites for hydroxylation is 2. The number of oxazole rings is 1. The average Bonchev–Trinajstić information content (AvgIpc) is 3.04. The second-order valence-corrected chi connectivity index (χ2v) is 6.46. The molecule has 0 amide bonds. The van der Waals surface area contributed by atoms with E-state index in [9.17, 15) is 4.79 Å². The number of hydrogen-bond acceptors (Lipinski definition) is 3. The lowest BCUT2D eigenvalue weighted by molar-refractivity contribution is 0.0697. The fourth-order valence-electron chi connectivity index (χ4n) is 3.16. The summed E-state index contributed by atoms with van der Waals surface area (Å²) < 4.78 is 5.82. The lowest BCUT2D eigenvalue weighted by Gasteiger charge is -2.05. The molecule has 0 aliphatic heterocycles. The summed E-state index contributed by atoms with van der Waals surface area (Å²) in [4.78, 5) is 15.7. The smallest absolute Gasteiger partial charge is 0.335 e. The van der Waals surface area contributed by atoms with E-state index in [1.54, 1.807) is 24.3 Å². The van der Waals surface area contributed by atoms with Gasteiger partial charge in [-0.25, -0.2) is 9.78 Å². The Balaban J connectivity index is 1.79. The zero-order chi connectivity index (χ0) is 18.3. The van der Waals surface area contributed by atoms with Gasteiger partial charge in [0, 0.05) is 5.56 Å². The highest BCUT2D eigenvalue weighted by Gasteiger charge is 2.12. The molecule has 128 valence electrons. The van der Waals surface area contributed by atoms with E-state index in [4.69, 9.17) is 9.52 Å². The topological polar surface area (TPSA) is 63.3 Å². The third kappa shape index (κ3) is 2.97. The predicted molar refractivity (Wildman–Crippen MR) is 101 cm³/mol. The van der Waals surface area contributed by atoms with Crippen molar-refractivity contribution in [3.63, 3.8) is 0 Å². The van der Waals surface area contributed by atoms with Crippen LogP contribution in [0.25, 0.3) is 33.7 Å². The highest BCUT2D eigenvalue weighted by molar-refractivity contribution is 5.89. The fraction of sp³-hybridized carbons (Fsp3) is 0.0909. The molecule has 0 unspecified atom stereocenters. The summed E-state index contributed by atoms with van der Waals surface area (Å²) >= 11 is 0. The van der Waals surface area contributed by atoms with E-state index in [0.29, 0.717) is 17.0 Å². The molecule has 0 saturated heterocycles. The Labute approximate surface area is 150 Å². The van der Waals surface area contributed by atoms with Gasteiger partial charge in [-0.15, -0.1) is 0 Å². The van der Waals surface area contributed by atoms with Crippen LogP contribution in [0.15, 0.2) is 65.1 Å². The Morgan fingerprint density at radius 3 is 2.38 bits per heavy atom. The van der Waals surface area contributed by atoms with Crippen molar-refractivity contribution in [1.82, 2.24) is 4.98 Å². The average molecular weight is 343 g/mol. The summed E-state index contributed by atoms with van der Waals surface area (Å²) in [6, 6.07) is 18.9. The van der Waals surface area contributed by atoms with Crippen LogP contribution in [0.4, 0.5) is 0 Å². The molecule has 0 atom stereocenters. The van der Waals surface area contributed by atoms with E-state index in [-0.39, 0.29) is 5.56 Å².